The number of nitrogens with one attached hydrogen (secondary N) is 2. The largest absolute Gasteiger partial charge is 0.480 e. The predicted molar refractivity (Wildman–Crippen MR) is 149 cm³/mol. The molecule has 1 aromatic heterocycles. The molecule has 1 fully saturated rings. The molecule has 0 saturated carbocycles. The van der Waals surface area contributed by atoms with E-state index in [1.807, 2.05) is 13.0 Å². The number of fused-ring (bicyclic) bond motifs is 1. The summed E-state index contributed by atoms with van der Waals surface area (Å²) in [5.41, 5.74) is 1.53. The van der Waals surface area contributed by atoms with Gasteiger partial charge in [-0.05, 0) is 42.8 Å². The summed E-state index contributed by atoms with van der Waals surface area (Å²) in [6, 6.07) is 14.2. The number of ether oxygens (including phenoxy) is 1. The van der Waals surface area contributed by atoms with E-state index in [0.717, 1.165) is 12.1 Å². The van der Waals surface area contributed by atoms with E-state index in [-0.39, 0.29) is 12.1 Å². The number of anilines is 1. The van der Waals surface area contributed by atoms with Gasteiger partial charge in [-0.15, -0.1) is 0 Å². The first-order valence-electron chi connectivity index (χ1n) is 12.5. The van der Waals surface area contributed by atoms with Crippen molar-refractivity contribution in [1.82, 2.24) is 10.3 Å². The van der Waals surface area contributed by atoms with Crippen LogP contribution in [-0.2, 0) is 16.0 Å². The fourth-order valence-electron chi connectivity index (χ4n) is 4.77. The second-order valence-corrected chi connectivity index (χ2v) is 10.4. The number of carbonyl (C=O) groups excluding carboxylic acids is 1. The highest BCUT2D eigenvalue weighted by molar-refractivity contribution is 6.33. The lowest BCUT2D eigenvalue weighted by molar-refractivity contribution is -0.139. The molecule has 4 aromatic rings. The van der Waals surface area contributed by atoms with E-state index in [9.17, 15) is 23.5 Å². The molecule has 1 amide bonds. The Morgan fingerprint density at radius 2 is 1.85 bits per heavy atom. The molecule has 1 saturated heterocycles. The number of hydrogen-bond acceptors (Lipinski definition) is 6. The predicted octanol–water partition coefficient (Wildman–Crippen LogP) is 5.33. The van der Waals surface area contributed by atoms with Gasteiger partial charge in [0.05, 0.1) is 35.9 Å². The molecular weight excluding hydrogens is 554 g/mol. The van der Waals surface area contributed by atoms with Crippen LogP contribution in [0.5, 0.6) is 0 Å². The number of aromatic nitrogens is 1. The molecule has 5 rings (SSSR count). The lowest BCUT2D eigenvalue weighted by Crippen LogP contribution is -2.53. The average Bonchev–Trinajstić information content (AvgIpc) is 2.91. The molecule has 3 aromatic carbocycles. The van der Waals surface area contributed by atoms with Crippen LogP contribution in [0.25, 0.3) is 22.0 Å². The molecule has 1 aliphatic rings. The number of halogens is 3. The minimum absolute atomic E-state index is 0.138. The Balaban J connectivity index is 1.42. The number of aliphatic carboxylic acids is 1. The molecule has 3 N–H and O–H groups in total. The second-order valence-electron chi connectivity index (χ2n) is 10.0. The molecule has 2 heterocycles. The Morgan fingerprint density at radius 1 is 1.15 bits per heavy atom. The molecule has 1 atom stereocenters. The number of pyridine rings is 1. The van der Waals surface area contributed by atoms with Crippen molar-refractivity contribution >= 4 is 40.1 Å². The first-order valence-corrected chi connectivity index (χ1v) is 12.9. The van der Waals surface area contributed by atoms with Crippen LogP contribution < -0.4 is 10.6 Å². The number of carboxylic acid groups (broad SMARTS) is 1. The maximum Gasteiger partial charge on any atom is 0.326 e. The molecule has 8 nitrogen and oxygen atoms in total. The van der Waals surface area contributed by atoms with Crippen LogP contribution in [0.15, 0.2) is 60.8 Å². The number of nitriles is 1. The van der Waals surface area contributed by atoms with Crippen LogP contribution >= 0.6 is 11.6 Å². The molecule has 0 spiro atoms. The van der Waals surface area contributed by atoms with E-state index in [2.05, 4.69) is 15.6 Å². The van der Waals surface area contributed by atoms with Crippen molar-refractivity contribution < 1.29 is 28.2 Å². The summed E-state index contributed by atoms with van der Waals surface area (Å²) >= 11 is 6.43. The number of rotatable bonds is 8. The first kappa shape index (κ1) is 28.0. The molecule has 11 heteroatoms. The minimum atomic E-state index is -1.50. The number of carboxylic acids is 1. The van der Waals surface area contributed by atoms with E-state index in [1.54, 1.807) is 48.7 Å². The van der Waals surface area contributed by atoms with Crippen LogP contribution in [0.1, 0.15) is 28.4 Å². The summed E-state index contributed by atoms with van der Waals surface area (Å²) in [4.78, 5) is 29.5. The smallest absolute Gasteiger partial charge is 0.326 e. The van der Waals surface area contributed by atoms with Gasteiger partial charge >= 0.3 is 5.97 Å². The Kier molecular flexibility index (Phi) is 7.58. The Bertz CT molecular complexity index is 1710. The fourth-order valence-corrected chi connectivity index (χ4v) is 5.05. The maximum absolute atomic E-state index is 14.9. The van der Waals surface area contributed by atoms with Gasteiger partial charge in [0.2, 0.25) is 0 Å². The van der Waals surface area contributed by atoms with Crippen molar-refractivity contribution in [1.29, 1.82) is 5.26 Å². The van der Waals surface area contributed by atoms with Crippen LogP contribution in [0.2, 0.25) is 5.02 Å². The van der Waals surface area contributed by atoms with E-state index in [0.29, 0.717) is 51.4 Å². The topological polar surface area (TPSA) is 124 Å². The van der Waals surface area contributed by atoms with Gasteiger partial charge in [0.15, 0.2) is 0 Å². The first-order chi connectivity index (χ1) is 19.6. The number of hydrogen-bond donors (Lipinski definition) is 3. The zero-order chi connectivity index (χ0) is 29.3. The van der Waals surface area contributed by atoms with Gasteiger partial charge in [0.1, 0.15) is 23.2 Å². The lowest BCUT2D eigenvalue weighted by atomic mass is 9.94. The molecule has 0 bridgehead atoms. The summed E-state index contributed by atoms with van der Waals surface area (Å²) < 4.78 is 34.9. The average molecular weight is 577 g/mol. The van der Waals surface area contributed by atoms with Crippen LogP contribution in [0, 0.1) is 23.0 Å². The van der Waals surface area contributed by atoms with E-state index in [1.165, 1.54) is 0 Å². The van der Waals surface area contributed by atoms with Gasteiger partial charge in [-0.1, -0.05) is 35.9 Å². The van der Waals surface area contributed by atoms with Crippen molar-refractivity contribution in [2.24, 2.45) is 0 Å². The number of amides is 1. The zero-order valence-corrected chi connectivity index (χ0v) is 22.4. The molecule has 0 unspecified atom stereocenters. The van der Waals surface area contributed by atoms with Gasteiger partial charge in [-0.25, -0.2) is 13.6 Å². The van der Waals surface area contributed by atoms with Gasteiger partial charge in [0.25, 0.3) is 5.91 Å². The quantitative estimate of drug-likeness (QED) is 0.259. The van der Waals surface area contributed by atoms with Crippen LogP contribution in [0.4, 0.5) is 14.5 Å². The number of nitrogens with zero attached hydrogens (tertiary/aromatic N) is 2. The summed E-state index contributed by atoms with van der Waals surface area (Å²) in [6.07, 6.45) is 1.39. The summed E-state index contributed by atoms with van der Waals surface area (Å²) in [6.45, 7) is 2.56. The number of carbonyl (C=O) groups is 2. The molecule has 1 aliphatic heterocycles. The zero-order valence-electron chi connectivity index (χ0n) is 21.7. The Labute approximate surface area is 238 Å². The third kappa shape index (κ3) is 5.68. The molecule has 0 radical (unpaired) electrons. The van der Waals surface area contributed by atoms with Gasteiger partial charge in [-0.2, -0.15) is 5.26 Å². The minimum Gasteiger partial charge on any atom is -0.480 e. The van der Waals surface area contributed by atoms with E-state index in [4.69, 9.17) is 21.6 Å². The highest BCUT2D eigenvalue weighted by Gasteiger charge is 2.34. The van der Waals surface area contributed by atoms with Crippen molar-refractivity contribution in [3.63, 3.8) is 0 Å². The highest BCUT2D eigenvalue weighted by Crippen LogP contribution is 2.35. The molecule has 208 valence electrons. The molecule has 0 aliphatic carbocycles. The monoisotopic (exact) mass is 576 g/mol. The van der Waals surface area contributed by atoms with Gasteiger partial charge in [0, 0.05) is 39.8 Å². The SMILES string of the molecule is CC1(Nc2cc(F)c(C(=O)N[C@@H](Cc3ccc(-c4ccc(C#N)cc4Cl)c4ncccc34)C(=O)O)c(F)c2)COC1. The lowest BCUT2D eigenvalue weighted by Gasteiger charge is -2.39. The van der Waals surface area contributed by atoms with Gasteiger partial charge < -0.3 is 20.5 Å². The third-order valence-electron chi connectivity index (χ3n) is 6.83. The molecule has 41 heavy (non-hydrogen) atoms. The maximum atomic E-state index is 14.9. The summed E-state index contributed by atoms with van der Waals surface area (Å²) in [5, 5.41) is 25.2. The Hall–Kier alpha value is -4.59. The standard InChI is InChI=1S/C30H23ClF2N4O4/c1-30(14-41-15-30)37-18-11-23(32)26(24(33)12-18)28(38)36-25(29(39)40)10-17-5-7-21(27-19(17)3-2-8-35-27)20-6-4-16(13-34)9-22(20)31/h2-9,11-12,25,37H,10,14-15H2,1H3,(H,36,38)(H,39,40)/t25-/m0/s1. The fraction of sp³-hybridized carbons (Fsp3) is 0.200. The third-order valence-corrected chi connectivity index (χ3v) is 7.15. The normalized spacial score (nSPS) is 14.5. The number of benzene rings is 3. The van der Waals surface area contributed by atoms with E-state index >= 15 is 0 Å². The second kappa shape index (κ2) is 11.1. The van der Waals surface area contributed by atoms with Crippen molar-refractivity contribution in [2.75, 3.05) is 18.5 Å². The van der Waals surface area contributed by atoms with Crippen molar-refractivity contribution in [2.45, 2.75) is 24.9 Å². The van der Waals surface area contributed by atoms with E-state index < -0.39 is 40.7 Å². The van der Waals surface area contributed by atoms with Gasteiger partial charge in [-0.3, -0.25) is 9.78 Å². The summed E-state index contributed by atoms with van der Waals surface area (Å²) in [5.74, 6) is -4.83. The summed E-state index contributed by atoms with van der Waals surface area (Å²) in [7, 11) is 0. The Morgan fingerprint density at radius 3 is 2.46 bits per heavy atom. The molecular formula is C30H23ClF2N4O4. The highest BCUT2D eigenvalue weighted by atomic mass is 35.5. The van der Waals surface area contributed by atoms with Crippen molar-refractivity contribution in [3.05, 3.63) is 94.1 Å². The van der Waals surface area contributed by atoms with Crippen LogP contribution in [0.3, 0.4) is 0 Å². The van der Waals surface area contributed by atoms with Crippen molar-refractivity contribution in [3.8, 4) is 17.2 Å². The van der Waals surface area contributed by atoms with Crippen LogP contribution in [-0.4, -0.2) is 46.8 Å².